The van der Waals surface area contributed by atoms with Crippen LogP contribution < -0.4 is 15.4 Å². The second-order valence-corrected chi connectivity index (χ2v) is 4.45. The summed E-state index contributed by atoms with van der Waals surface area (Å²) in [5.74, 6) is 0.801. The van der Waals surface area contributed by atoms with Crippen molar-refractivity contribution in [1.82, 2.24) is 10.6 Å². The van der Waals surface area contributed by atoms with Crippen LogP contribution in [0.5, 0.6) is 5.75 Å². The molecule has 1 aromatic carbocycles. The molecule has 0 bridgehead atoms. The van der Waals surface area contributed by atoms with Crippen LogP contribution in [-0.4, -0.2) is 25.6 Å². The van der Waals surface area contributed by atoms with E-state index in [1.165, 1.54) is 5.56 Å². The molecule has 2 N–H and O–H groups in total. The monoisotopic (exact) mass is 250 g/mol. The van der Waals surface area contributed by atoms with E-state index in [1.807, 2.05) is 18.2 Å². The Morgan fingerprint density at radius 3 is 2.83 bits per heavy atom. The lowest BCUT2D eigenvalue weighted by Crippen LogP contribution is -2.22. The van der Waals surface area contributed by atoms with Crippen molar-refractivity contribution >= 4 is 5.91 Å². The van der Waals surface area contributed by atoms with Crippen molar-refractivity contribution in [2.24, 2.45) is 0 Å². The van der Waals surface area contributed by atoms with Crippen LogP contribution in [0.2, 0.25) is 0 Å². The Kier molecular flexibility index (Phi) is 6.22. The van der Waals surface area contributed by atoms with Crippen molar-refractivity contribution in [2.75, 3.05) is 13.7 Å². The van der Waals surface area contributed by atoms with Gasteiger partial charge in [-0.05, 0) is 17.7 Å². The Labute approximate surface area is 109 Å². The van der Waals surface area contributed by atoms with Gasteiger partial charge >= 0.3 is 0 Å². The SMILES string of the molecule is CNC(=O)CCOc1cccc(CNC(C)C)c1. The number of ether oxygens (including phenoxy) is 1. The molecule has 1 aromatic rings. The maximum absolute atomic E-state index is 11.0. The molecule has 0 unspecified atom stereocenters. The first-order chi connectivity index (χ1) is 8.61. The van der Waals surface area contributed by atoms with E-state index in [-0.39, 0.29) is 5.91 Å². The van der Waals surface area contributed by atoms with Crippen molar-refractivity contribution in [3.63, 3.8) is 0 Å². The highest BCUT2D eigenvalue weighted by atomic mass is 16.5. The molecule has 0 saturated heterocycles. The summed E-state index contributed by atoms with van der Waals surface area (Å²) in [7, 11) is 1.63. The predicted octanol–water partition coefficient (Wildman–Crippen LogP) is 1.70. The number of nitrogens with one attached hydrogen (secondary N) is 2. The summed E-state index contributed by atoms with van der Waals surface area (Å²) in [4.78, 5) is 11.0. The van der Waals surface area contributed by atoms with Gasteiger partial charge in [0.2, 0.25) is 5.91 Å². The summed E-state index contributed by atoms with van der Waals surface area (Å²) >= 11 is 0. The molecule has 18 heavy (non-hydrogen) atoms. The molecule has 1 rings (SSSR count). The summed E-state index contributed by atoms with van der Waals surface area (Å²) in [6.07, 6.45) is 0.380. The maximum Gasteiger partial charge on any atom is 0.223 e. The second kappa shape index (κ2) is 7.71. The molecule has 4 heteroatoms. The fourth-order valence-corrected chi connectivity index (χ4v) is 1.45. The van der Waals surface area contributed by atoms with Gasteiger partial charge in [-0.1, -0.05) is 26.0 Å². The quantitative estimate of drug-likeness (QED) is 0.774. The number of amides is 1. The van der Waals surface area contributed by atoms with E-state index in [2.05, 4.69) is 30.5 Å². The average molecular weight is 250 g/mol. The first-order valence-electron chi connectivity index (χ1n) is 6.27. The fraction of sp³-hybridized carbons (Fsp3) is 0.500. The van der Waals surface area contributed by atoms with Crippen LogP contribution in [0.15, 0.2) is 24.3 Å². The number of carbonyl (C=O) groups is 1. The summed E-state index contributed by atoms with van der Waals surface area (Å²) in [6, 6.07) is 8.39. The van der Waals surface area contributed by atoms with Gasteiger partial charge in [-0.3, -0.25) is 4.79 Å². The zero-order valence-corrected chi connectivity index (χ0v) is 11.3. The average Bonchev–Trinajstić information content (AvgIpc) is 2.36. The Bertz CT molecular complexity index is 378. The van der Waals surface area contributed by atoms with E-state index >= 15 is 0 Å². The van der Waals surface area contributed by atoms with Gasteiger partial charge < -0.3 is 15.4 Å². The molecule has 0 fully saturated rings. The lowest BCUT2D eigenvalue weighted by molar-refractivity contribution is -0.121. The molecule has 4 nitrogen and oxygen atoms in total. The smallest absolute Gasteiger partial charge is 0.223 e. The zero-order valence-electron chi connectivity index (χ0n) is 11.3. The van der Waals surface area contributed by atoms with Crippen LogP contribution >= 0.6 is 0 Å². The second-order valence-electron chi connectivity index (χ2n) is 4.45. The van der Waals surface area contributed by atoms with E-state index in [4.69, 9.17) is 4.74 Å². The van der Waals surface area contributed by atoms with E-state index in [9.17, 15) is 4.79 Å². The van der Waals surface area contributed by atoms with Crippen molar-refractivity contribution in [2.45, 2.75) is 32.9 Å². The highest BCUT2D eigenvalue weighted by Gasteiger charge is 2.01. The van der Waals surface area contributed by atoms with Crippen LogP contribution in [-0.2, 0) is 11.3 Å². The summed E-state index contributed by atoms with van der Waals surface area (Å²) in [6.45, 7) is 5.46. The van der Waals surface area contributed by atoms with Crippen molar-refractivity contribution < 1.29 is 9.53 Å². The Morgan fingerprint density at radius 2 is 2.17 bits per heavy atom. The number of rotatable bonds is 7. The lowest BCUT2D eigenvalue weighted by Gasteiger charge is -2.10. The Hall–Kier alpha value is -1.55. The standard InChI is InChI=1S/C14H22N2O2/c1-11(2)16-10-12-5-4-6-13(9-12)18-8-7-14(17)15-3/h4-6,9,11,16H,7-8,10H2,1-3H3,(H,15,17). The maximum atomic E-state index is 11.0. The third kappa shape index (κ3) is 5.68. The number of hydrogen-bond acceptors (Lipinski definition) is 3. The molecular weight excluding hydrogens is 228 g/mol. The summed E-state index contributed by atoms with van der Waals surface area (Å²) < 4.78 is 5.54. The molecule has 0 atom stereocenters. The van der Waals surface area contributed by atoms with Gasteiger partial charge in [0.15, 0.2) is 0 Å². The van der Waals surface area contributed by atoms with E-state index in [0.29, 0.717) is 19.1 Å². The molecule has 0 aliphatic heterocycles. The van der Waals surface area contributed by atoms with Gasteiger partial charge in [-0.25, -0.2) is 0 Å². The number of carbonyl (C=O) groups excluding carboxylic acids is 1. The van der Waals surface area contributed by atoms with Crippen molar-refractivity contribution in [1.29, 1.82) is 0 Å². The van der Waals surface area contributed by atoms with Gasteiger partial charge in [0, 0.05) is 19.6 Å². The minimum atomic E-state index is -0.00682. The Balaban J connectivity index is 2.41. The molecule has 0 saturated carbocycles. The highest BCUT2D eigenvalue weighted by molar-refractivity contribution is 5.75. The predicted molar refractivity (Wildman–Crippen MR) is 72.6 cm³/mol. The normalized spacial score (nSPS) is 10.4. The van der Waals surface area contributed by atoms with Gasteiger partial charge in [-0.15, -0.1) is 0 Å². The molecule has 1 amide bonds. The summed E-state index contributed by atoms with van der Waals surface area (Å²) in [5, 5.41) is 5.92. The van der Waals surface area contributed by atoms with Gasteiger partial charge in [0.1, 0.15) is 5.75 Å². The minimum Gasteiger partial charge on any atom is -0.493 e. The molecule has 0 heterocycles. The van der Waals surface area contributed by atoms with Crippen molar-refractivity contribution in [3.05, 3.63) is 29.8 Å². The molecule has 0 aromatic heterocycles. The number of benzene rings is 1. The van der Waals surface area contributed by atoms with Crippen LogP contribution in [0, 0.1) is 0 Å². The summed E-state index contributed by atoms with van der Waals surface area (Å²) in [5.41, 5.74) is 1.18. The lowest BCUT2D eigenvalue weighted by atomic mass is 10.2. The first-order valence-corrected chi connectivity index (χ1v) is 6.27. The van der Waals surface area contributed by atoms with Gasteiger partial charge in [0.05, 0.1) is 13.0 Å². The zero-order chi connectivity index (χ0) is 13.4. The van der Waals surface area contributed by atoms with Crippen LogP contribution in [0.1, 0.15) is 25.8 Å². The molecule has 0 aliphatic rings. The third-order valence-corrected chi connectivity index (χ3v) is 2.49. The van der Waals surface area contributed by atoms with Crippen molar-refractivity contribution in [3.8, 4) is 5.75 Å². The van der Waals surface area contributed by atoms with E-state index in [0.717, 1.165) is 12.3 Å². The van der Waals surface area contributed by atoms with Crippen LogP contribution in [0.4, 0.5) is 0 Å². The van der Waals surface area contributed by atoms with Gasteiger partial charge in [-0.2, -0.15) is 0 Å². The Morgan fingerprint density at radius 1 is 1.39 bits per heavy atom. The van der Waals surface area contributed by atoms with Crippen LogP contribution in [0.25, 0.3) is 0 Å². The van der Waals surface area contributed by atoms with Gasteiger partial charge in [0.25, 0.3) is 0 Å². The molecule has 100 valence electrons. The molecular formula is C14H22N2O2. The molecule has 0 radical (unpaired) electrons. The minimum absolute atomic E-state index is 0.00682. The fourth-order valence-electron chi connectivity index (χ4n) is 1.45. The molecule has 0 aliphatic carbocycles. The van der Waals surface area contributed by atoms with Crippen LogP contribution in [0.3, 0.4) is 0 Å². The number of hydrogen-bond donors (Lipinski definition) is 2. The van der Waals surface area contributed by atoms with E-state index in [1.54, 1.807) is 7.05 Å². The highest BCUT2D eigenvalue weighted by Crippen LogP contribution is 2.13. The third-order valence-electron chi connectivity index (χ3n) is 2.49. The largest absolute Gasteiger partial charge is 0.493 e. The molecule has 0 spiro atoms. The van der Waals surface area contributed by atoms with E-state index < -0.39 is 0 Å². The topological polar surface area (TPSA) is 50.4 Å². The first kappa shape index (κ1) is 14.5.